The summed E-state index contributed by atoms with van der Waals surface area (Å²) >= 11 is 0. The Balaban J connectivity index is 2.09. The number of nitrogens with zero attached hydrogens (tertiary/aromatic N) is 2. The summed E-state index contributed by atoms with van der Waals surface area (Å²) in [7, 11) is 3.93. The van der Waals surface area contributed by atoms with Crippen LogP contribution < -0.4 is 10.3 Å². The van der Waals surface area contributed by atoms with Crippen LogP contribution in [0.1, 0.15) is 29.3 Å². The fraction of sp³-hybridized carbons (Fsp3) is 0.222. The number of hydrazone groups is 1. The summed E-state index contributed by atoms with van der Waals surface area (Å²) in [6, 6.07) is 17.3. The number of carbonyl (C=O) groups is 1. The van der Waals surface area contributed by atoms with Crippen molar-refractivity contribution in [3.8, 4) is 0 Å². The Hall–Kier alpha value is -2.62. The molecule has 0 fully saturated rings. The number of benzene rings is 2. The first-order valence-electron chi connectivity index (χ1n) is 7.31. The molecule has 0 aliphatic heterocycles. The molecule has 0 radical (unpaired) electrons. The van der Waals surface area contributed by atoms with E-state index in [1.54, 1.807) is 12.1 Å². The van der Waals surface area contributed by atoms with E-state index in [4.69, 9.17) is 0 Å². The Bertz CT molecular complexity index is 646. The lowest BCUT2D eigenvalue weighted by Crippen LogP contribution is -2.20. The second kappa shape index (κ2) is 7.41. The largest absolute Gasteiger partial charge is 0.378 e. The minimum Gasteiger partial charge on any atom is -0.378 e. The normalized spacial score (nSPS) is 11.1. The number of rotatable bonds is 5. The van der Waals surface area contributed by atoms with Gasteiger partial charge in [-0.3, -0.25) is 4.79 Å². The Morgan fingerprint density at radius 1 is 1.00 bits per heavy atom. The molecule has 2 rings (SSSR count). The van der Waals surface area contributed by atoms with Gasteiger partial charge in [-0.25, -0.2) is 5.43 Å². The van der Waals surface area contributed by atoms with Gasteiger partial charge in [0.1, 0.15) is 0 Å². The molecule has 0 spiro atoms. The van der Waals surface area contributed by atoms with Gasteiger partial charge in [0.15, 0.2) is 0 Å². The fourth-order valence-corrected chi connectivity index (χ4v) is 2.07. The van der Waals surface area contributed by atoms with E-state index in [-0.39, 0.29) is 5.91 Å². The third-order valence-corrected chi connectivity index (χ3v) is 3.38. The van der Waals surface area contributed by atoms with Crippen molar-refractivity contribution >= 4 is 17.3 Å². The van der Waals surface area contributed by atoms with E-state index in [9.17, 15) is 4.79 Å². The van der Waals surface area contributed by atoms with Crippen molar-refractivity contribution in [2.45, 2.75) is 13.3 Å². The molecular weight excluding hydrogens is 274 g/mol. The first kappa shape index (κ1) is 15.8. The summed E-state index contributed by atoms with van der Waals surface area (Å²) in [6.45, 7) is 2.02. The Morgan fingerprint density at radius 3 is 2.18 bits per heavy atom. The Morgan fingerprint density at radius 2 is 1.64 bits per heavy atom. The van der Waals surface area contributed by atoms with Crippen LogP contribution in [0.15, 0.2) is 59.7 Å². The van der Waals surface area contributed by atoms with Crippen molar-refractivity contribution in [2.24, 2.45) is 5.10 Å². The van der Waals surface area contributed by atoms with Gasteiger partial charge in [0, 0.05) is 25.3 Å². The molecule has 4 nitrogen and oxygen atoms in total. The Kier molecular flexibility index (Phi) is 5.31. The number of hydrogen-bond donors (Lipinski definition) is 1. The van der Waals surface area contributed by atoms with Crippen LogP contribution in [-0.2, 0) is 0 Å². The molecule has 0 saturated heterocycles. The first-order valence-corrected chi connectivity index (χ1v) is 7.31. The molecule has 0 saturated carbocycles. The maximum absolute atomic E-state index is 12.1. The van der Waals surface area contributed by atoms with Crippen molar-refractivity contribution in [1.29, 1.82) is 0 Å². The van der Waals surface area contributed by atoms with E-state index < -0.39 is 0 Å². The molecule has 0 unspecified atom stereocenters. The molecular formula is C18H21N3O. The van der Waals surface area contributed by atoms with Crippen LogP contribution >= 0.6 is 0 Å². The van der Waals surface area contributed by atoms with Crippen LogP contribution in [0.25, 0.3) is 0 Å². The summed E-state index contributed by atoms with van der Waals surface area (Å²) in [5, 5.41) is 4.25. The van der Waals surface area contributed by atoms with Crippen LogP contribution in [0.4, 0.5) is 5.69 Å². The monoisotopic (exact) mass is 295 g/mol. The highest BCUT2D eigenvalue weighted by molar-refractivity contribution is 6.02. The van der Waals surface area contributed by atoms with Gasteiger partial charge in [-0.1, -0.05) is 37.3 Å². The van der Waals surface area contributed by atoms with E-state index in [0.717, 1.165) is 23.4 Å². The summed E-state index contributed by atoms with van der Waals surface area (Å²) < 4.78 is 0. The topological polar surface area (TPSA) is 44.7 Å². The van der Waals surface area contributed by atoms with Gasteiger partial charge in [-0.05, 0) is 36.2 Å². The van der Waals surface area contributed by atoms with E-state index >= 15 is 0 Å². The van der Waals surface area contributed by atoms with Gasteiger partial charge in [0.2, 0.25) is 0 Å². The predicted molar refractivity (Wildman–Crippen MR) is 91.5 cm³/mol. The van der Waals surface area contributed by atoms with E-state index in [2.05, 4.69) is 10.5 Å². The van der Waals surface area contributed by atoms with Crippen LogP contribution in [0.2, 0.25) is 0 Å². The highest BCUT2D eigenvalue weighted by Crippen LogP contribution is 2.12. The molecule has 0 aliphatic rings. The van der Waals surface area contributed by atoms with Crippen molar-refractivity contribution in [1.82, 2.24) is 5.43 Å². The minimum atomic E-state index is -0.202. The summed E-state index contributed by atoms with van der Waals surface area (Å²) in [5.41, 5.74) is 6.16. The van der Waals surface area contributed by atoms with Gasteiger partial charge >= 0.3 is 0 Å². The summed E-state index contributed by atoms with van der Waals surface area (Å²) in [4.78, 5) is 14.1. The minimum absolute atomic E-state index is 0.202. The first-order chi connectivity index (χ1) is 10.6. The van der Waals surface area contributed by atoms with E-state index in [0.29, 0.717) is 5.56 Å². The van der Waals surface area contributed by atoms with Crippen LogP contribution in [0.5, 0.6) is 0 Å². The van der Waals surface area contributed by atoms with Gasteiger partial charge < -0.3 is 4.90 Å². The molecule has 0 aromatic heterocycles. The SMILES string of the molecule is CCC(=NNC(=O)c1ccc(N(C)C)cc1)c1ccccc1. The average molecular weight is 295 g/mol. The van der Waals surface area contributed by atoms with Crippen LogP contribution in [0.3, 0.4) is 0 Å². The smallest absolute Gasteiger partial charge is 0.271 e. The third-order valence-electron chi connectivity index (χ3n) is 3.38. The zero-order valence-corrected chi connectivity index (χ0v) is 13.2. The van der Waals surface area contributed by atoms with Gasteiger partial charge in [0.25, 0.3) is 5.91 Å². The van der Waals surface area contributed by atoms with Crippen molar-refractivity contribution in [3.05, 3.63) is 65.7 Å². The highest BCUT2D eigenvalue weighted by atomic mass is 16.2. The molecule has 0 bridgehead atoms. The zero-order chi connectivity index (χ0) is 15.9. The molecule has 4 heteroatoms. The van der Waals surface area contributed by atoms with Gasteiger partial charge in [0.05, 0.1) is 5.71 Å². The number of anilines is 1. The molecule has 2 aromatic rings. The van der Waals surface area contributed by atoms with Crippen LogP contribution in [0, 0.1) is 0 Å². The summed E-state index contributed by atoms with van der Waals surface area (Å²) in [6.07, 6.45) is 0.754. The lowest BCUT2D eigenvalue weighted by Gasteiger charge is -2.12. The maximum atomic E-state index is 12.1. The standard InChI is InChI=1S/C18H21N3O/c1-4-17(14-8-6-5-7-9-14)19-20-18(22)15-10-12-16(13-11-15)21(2)3/h5-13H,4H2,1-3H3,(H,20,22). The third kappa shape index (κ3) is 3.95. The predicted octanol–water partition coefficient (Wildman–Crippen LogP) is 3.30. The number of nitrogens with one attached hydrogen (secondary N) is 1. The molecule has 1 N–H and O–H groups in total. The lowest BCUT2D eigenvalue weighted by molar-refractivity contribution is 0.0955. The Labute approximate surface area is 131 Å². The van der Waals surface area contributed by atoms with Crippen molar-refractivity contribution in [2.75, 3.05) is 19.0 Å². The molecule has 0 aliphatic carbocycles. The molecule has 0 atom stereocenters. The van der Waals surface area contributed by atoms with Gasteiger partial charge in [-0.2, -0.15) is 5.10 Å². The number of carbonyl (C=O) groups excluding carboxylic acids is 1. The molecule has 22 heavy (non-hydrogen) atoms. The van der Waals surface area contributed by atoms with E-state index in [1.807, 2.05) is 68.4 Å². The summed E-state index contributed by atoms with van der Waals surface area (Å²) in [5.74, 6) is -0.202. The number of amides is 1. The molecule has 2 aromatic carbocycles. The lowest BCUT2D eigenvalue weighted by atomic mass is 10.1. The number of hydrogen-bond acceptors (Lipinski definition) is 3. The van der Waals surface area contributed by atoms with E-state index in [1.165, 1.54) is 0 Å². The highest BCUT2D eigenvalue weighted by Gasteiger charge is 2.06. The average Bonchev–Trinajstić information content (AvgIpc) is 2.56. The molecule has 114 valence electrons. The van der Waals surface area contributed by atoms with Crippen LogP contribution in [-0.4, -0.2) is 25.7 Å². The zero-order valence-electron chi connectivity index (χ0n) is 13.2. The molecule has 0 heterocycles. The van der Waals surface area contributed by atoms with Crippen molar-refractivity contribution < 1.29 is 4.79 Å². The maximum Gasteiger partial charge on any atom is 0.271 e. The second-order valence-electron chi connectivity index (χ2n) is 5.16. The fourth-order valence-electron chi connectivity index (χ4n) is 2.07. The van der Waals surface area contributed by atoms with Crippen molar-refractivity contribution in [3.63, 3.8) is 0 Å². The quantitative estimate of drug-likeness (QED) is 0.679. The second-order valence-corrected chi connectivity index (χ2v) is 5.16. The molecule has 1 amide bonds. The van der Waals surface area contributed by atoms with Gasteiger partial charge in [-0.15, -0.1) is 0 Å².